The van der Waals surface area contributed by atoms with Crippen LogP contribution in [0.2, 0.25) is 10.0 Å². The highest BCUT2D eigenvalue weighted by Crippen LogP contribution is 2.27. The van der Waals surface area contributed by atoms with Crippen molar-refractivity contribution in [2.24, 2.45) is 5.92 Å². The fraction of sp³-hybridized carbons (Fsp3) is 0.500. The maximum atomic E-state index is 6.24. The smallest absolute Gasteiger partial charge is 0.105 e. The van der Waals surface area contributed by atoms with Gasteiger partial charge in [0, 0.05) is 50.0 Å². The molecule has 0 bridgehead atoms. The number of aromatic nitrogens is 3. The van der Waals surface area contributed by atoms with Crippen LogP contribution < -0.4 is 0 Å². The van der Waals surface area contributed by atoms with Crippen molar-refractivity contribution in [2.45, 2.75) is 32.9 Å². The molecule has 1 atom stereocenters. The average molecular weight is 339 g/mol. The Balaban J connectivity index is 1.65. The third-order valence-corrected chi connectivity index (χ3v) is 4.97. The lowest BCUT2D eigenvalue weighted by atomic mass is 9.97. The highest BCUT2D eigenvalue weighted by Gasteiger charge is 2.22. The maximum Gasteiger partial charge on any atom is 0.105 e. The summed E-state index contributed by atoms with van der Waals surface area (Å²) in [6.45, 7) is 6.03. The van der Waals surface area contributed by atoms with Gasteiger partial charge in [-0.25, -0.2) is 4.98 Å². The fourth-order valence-corrected chi connectivity index (χ4v) is 3.62. The van der Waals surface area contributed by atoms with E-state index in [4.69, 9.17) is 23.2 Å². The third kappa shape index (κ3) is 3.62. The number of pyridine rings is 1. The van der Waals surface area contributed by atoms with E-state index in [0.717, 1.165) is 37.6 Å². The van der Waals surface area contributed by atoms with E-state index in [0.29, 0.717) is 16.0 Å². The molecule has 0 amide bonds. The molecule has 22 heavy (non-hydrogen) atoms. The third-order valence-electron chi connectivity index (χ3n) is 4.32. The lowest BCUT2D eigenvalue weighted by Gasteiger charge is -2.33. The summed E-state index contributed by atoms with van der Waals surface area (Å²) in [6.07, 6.45) is 9.72. The maximum absolute atomic E-state index is 6.24. The summed E-state index contributed by atoms with van der Waals surface area (Å²) < 4.78 is 2.24. The molecule has 1 aliphatic heterocycles. The zero-order valence-electron chi connectivity index (χ0n) is 12.7. The van der Waals surface area contributed by atoms with Gasteiger partial charge in [0.25, 0.3) is 0 Å². The number of nitrogens with zero attached hydrogens (tertiary/aromatic N) is 4. The summed E-state index contributed by atoms with van der Waals surface area (Å²) in [7, 11) is 0. The van der Waals surface area contributed by atoms with Gasteiger partial charge in [-0.15, -0.1) is 0 Å². The molecule has 3 rings (SSSR count). The van der Waals surface area contributed by atoms with Gasteiger partial charge in [-0.2, -0.15) is 0 Å². The first kappa shape index (κ1) is 15.8. The van der Waals surface area contributed by atoms with Crippen LogP contribution in [0.4, 0.5) is 0 Å². The summed E-state index contributed by atoms with van der Waals surface area (Å²) in [5, 5.41) is 1.31. The van der Waals surface area contributed by atoms with Crippen LogP contribution in [0, 0.1) is 12.8 Å². The topological polar surface area (TPSA) is 34.0 Å². The van der Waals surface area contributed by atoms with E-state index in [1.54, 1.807) is 12.4 Å². The van der Waals surface area contributed by atoms with Gasteiger partial charge >= 0.3 is 0 Å². The molecule has 0 N–H and O–H groups in total. The summed E-state index contributed by atoms with van der Waals surface area (Å²) in [6, 6.07) is 0. The second-order valence-electron chi connectivity index (χ2n) is 5.95. The molecule has 2 aromatic heterocycles. The van der Waals surface area contributed by atoms with Crippen molar-refractivity contribution in [3.63, 3.8) is 0 Å². The quantitative estimate of drug-likeness (QED) is 0.850. The molecule has 1 fully saturated rings. The Morgan fingerprint density at radius 2 is 2.05 bits per heavy atom. The normalized spacial score (nSPS) is 19.5. The van der Waals surface area contributed by atoms with Gasteiger partial charge in [-0.1, -0.05) is 23.2 Å². The van der Waals surface area contributed by atoms with Crippen LogP contribution in [-0.2, 0) is 13.1 Å². The predicted molar refractivity (Wildman–Crippen MR) is 89.2 cm³/mol. The van der Waals surface area contributed by atoms with Crippen LogP contribution >= 0.6 is 23.2 Å². The molecule has 1 unspecified atom stereocenters. The minimum absolute atomic E-state index is 0.640. The molecular formula is C16H20Cl2N4. The molecule has 0 aliphatic carbocycles. The Hall–Kier alpha value is -1.10. The summed E-state index contributed by atoms with van der Waals surface area (Å²) in [5.74, 6) is 1.72. The molecule has 0 spiro atoms. The molecule has 1 saturated heterocycles. The number of hydrogen-bond donors (Lipinski definition) is 0. The highest BCUT2D eigenvalue weighted by molar-refractivity contribution is 6.35. The van der Waals surface area contributed by atoms with Gasteiger partial charge in [0.2, 0.25) is 0 Å². The Morgan fingerprint density at radius 1 is 1.27 bits per heavy atom. The average Bonchev–Trinajstić information content (AvgIpc) is 2.89. The molecule has 0 saturated carbocycles. The Labute approximate surface area is 141 Å². The number of halogens is 2. The Bertz CT molecular complexity index is 621. The standard InChI is InChI=1S/C16H20Cl2N4/c1-12-20-4-6-22(12)10-13-3-2-5-21(9-13)11-14-15(17)7-19-8-16(14)18/h4,6-8,13H,2-3,5,9-11H2,1H3. The molecule has 4 nitrogen and oxygen atoms in total. The minimum Gasteiger partial charge on any atom is -0.335 e. The molecule has 6 heteroatoms. The number of hydrogen-bond acceptors (Lipinski definition) is 3. The summed E-state index contributed by atoms with van der Waals surface area (Å²) in [5.41, 5.74) is 0.984. The van der Waals surface area contributed by atoms with Crippen molar-refractivity contribution in [3.05, 3.63) is 46.2 Å². The van der Waals surface area contributed by atoms with Crippen LogP contribution in [0.1, 0.15) is 24.2 Å². The molecule has 118 valence electrons. The van der Waals surface area contributed by atoms with E-state index in [1.807, 2.05) is 6.20 Å². The Kier molecular flexibility index (Phi) is 5.01. The van der Waals surface area contributed by atoms with Crippen LogP contribution in [0.25, 0.3) is 0 Å². The van der Waals surface area contributed by atoms with Crippen molar-refractivity contribution < 1.29 is 0 Å². The summed E-state index contributed by atoms with van der Waals surface area (Å²) >= 11 is 12.5. The zero-order valence-corrected chi connectivity index (χ0v) is 14.2. The monoisotopic (exact) mass is 338 g/mol. The number of rotatable bonds is 4. The molecule has 0 radical (unpaired) electrons. The number of likely N-dealkylation sites (tertiary alicyclic amines) is 1. The highest BCUT2D eigenvalue weighted by atomic mass is 35.5. The molecular weight excluding hydrogens is 319 g/mol. The first-order valence-corrected chi connectivity index (χ1v) is 8.37. The van der Waals surface area contributed by atoms with E-state index >= 15 is 0 Å². The van der Waals surface area contributed by atoms with Crippen molar-refractivity contribution in [2.75, 3.05) is 13.1 Å². The first-order valence-electron chi connectivity index (χ1n) is 7.61. The molecule has 3 heterocycles. The first-order chi connectivity index (χ1) is 10.6. The summed E-state index contributed by atoms with van der Waals surface area (Å²) in [4.78, 5) is 10.8. The van der Waals surface area contributed by atoms with E-state index in [9.17, 15) is 0 Å². The number of piperidine rings is 1. The van der Waals surface area contributed by atoms with Crippen LogP contribution in [-0.4, -0.2) is 32.5 Å². The van der Waals surface area contributed by atoms with Gasteiger partial charge in [0.05, 0.1) is 10.0 Å². The van der Waals surface area contributed by atoms with Crippen molar-refractivity contribution in [3.8, 4) is 0 Å². The predicted octanol–water partition coefficient (Wildman–Crippen LogP) is 3.81. The second kappa shape index (κ2) is 6.99. The van der Waals surface area contributed by atoms with Gasteiger partial charge in [0.1, 0.15) is 5.82 Å². The van der Waals surface area contributed by atoms with Crippen molar-refractivity contribution >= 4 is 23.2 Å². The van der Waals surface area contributed by atoms with Gasteiger partial charge in [-0.05, 0) is 32.2 Å². The van der Waals surface area contributed by atoms with Gasteiger partial charge in [-0.3, -0.25) is 9.88 Å². The Morgan fingerprint density at radius 3 is 2.73 bits per heavy atom. The van der Waals surface area contributed by atoms with E-state index in [-0.39, 0.29) is 0 Å². The zero-order chi connectivity index (χ0) is 15.5. The van der Waals surface area contributed by atoms with Crippen LogP contribution in [0.3, 0.4) is 0 Å². The lowest BCUT2D eigenvalue weighted by Crippen LogP contribution is -2.36. The van der Waals surface area contributed by atoms with Crippen molar-refractivity contribution in [1.82, 2.24) is 19.4 Å². The molecule has 0 aromatic carbocycles. The number of aryl methyl sites for hydroxylation is 1. The minimum atomic E-state index is 0.640. The van der Waals surface area contributed by atoms with Crippen molar-refractivity contribution in [1.29, 1.82) is 0 Å². The van der Waals surface area contributed by atoms with Gasteiger partial charge in [0.15, 0.2) is 0 Å². The fourth-order valence-electron chi connectivity index (χ4n) is 3.13. The van der Waals surface area contributed by atoms with Crippen LogP contribution in [0.15, 0.2) is 24.8 Å². The lowest BCUT2D eigenvalue weighted by molar-refractivity contribution is 0.155. The largest absolute Gasteiger partial charge is 0.335 e. The van der Waals surface area contributed by atoms with E-state index in [1.165, 1.54) is 12.8 Å². The second-order valence-corrected chi connectivity index (χ2v) is 6.77. The van der Waals surface area contributed by atoms with E-state index < -0.39 is 0 Å². The van der Waals surface area contributed by atoms with E-state index in [2.05, 4.69) is 32.6 Å². The SMILES string of the molecule is Cc1nccn1CC1CCCN(Cc2c(Cl)cncc2Cl)C1. The molecule has 2 aromatic rings. The van der Waals surface area contributed by atoms with Crippen LogP contribution in [0.5, 0.6) is 0 Å². The number of imidazole rings is 1. The molecule has 1 aliphatic rings. The van der Waals surface area contributed by atoms with Gasteiger partial charge < -0.3 is 4.57 Å².